The van der Waals surface area contributed by atoms with E-state index >= 15 is 0 Å². The summed E-state index contributed by atoms with van der Waals surface area (Å²) >= 11 is 0. The quantitative estimate of drug-likeness (QED) is 0.251. The molecular weight excluding hydrogens is 224 g/mol. The molecule has 5 N–H and O–H groups in total. The van der Waals surface area contributed by atoms with Crippen molar-refractivity contribution in [2.45, 2.75) is 24.4 Å². The standard InChI is InChI=1S/C6H12O6.Fe/c7-1-3(9)5(11)6(12)4(10)2-8;/h1,3-6,8-12H,2H2;. The van der Waals surface area contributed by atoms with Crippen LogP contribution in [0.5, 0.6) is 0 Å². The van der Waals surface area contributed by atoms with Crippen LogP contribution in [0.3, 0.4) is 0 Å². The van der Waals surface area contributed by atoms with Gasteiger partial charge in [0.2, 0.25) is 0 Å². The number of aliphatic hydroxyl groups is 5. The molecule has 0 aromatic carbocycles. The molecule has 4 unspecified atom stereocenters. The van der Waals surface area contributed by atoms with Crippen molar-refractivity contribution in [1.29, 1.82) is 0 Å². The number of carbonyl (C=O) groups excluding carboxylic acids is 1. The molecular formula is C6H12FeO6. The average molecular weight is 236 g/mol. The van der Waals surface area contributed by atoms with Crippen LogP contribution in [0.15, 0.2) is 0 Å². The summed E-state index contributed by atoms with van der Waals surface area (Å²) in [5.41, 5.74) is 0. The monoisotopic (exact) mass is 236 g/mol. The van der Waals surface area contributed by atoms with Crippen molar-refractivity contribution < 1.29 is 47.4 Å². The van der Waals surface area contributed by atoms with Crippen molar-refractivity contribution in [1.82, 2.24) is 0 Å². The van der Waals surface area contributed by atoms with Gasteiger partial charge in [0.05, 0.1) is 6.61 Å². The van der Waals surface area contributed by atoms with Gasteiger partial charge in [-0.3, -0.25) is 0 Å². The maximum Gasteiger partial charge on any atom is 0.151 e. The fraction of sp³-hybridized carbons (Fsp3) is 0.833. The molecule has 4 atom stereocenters. The van der Waals surface area contributed by atoms with Gasteiger partial charge in [0.25, 0.3) is 0 Å². The molecule has 0 fully saturated rings. The van der Waals surface area contributed by atoms with E-state index in [1.54, 1.807) is 0 Å². The van der Waals surface area contributed by atoms with E-state index in [4.69, 9.17) is 25.5 Å². The van der Waals surface area contributed by atoms with Gasteiger partial charge >= 0.3 is 0 Å². The number of aliphatic hydroxyl groups excluding tert-OH is 5. The third kappa shape index (κ3) is 4.68. The van der Waals surface area contributed by atoms with Crippen LogP contribution in [0, 0.1) is 0 Å². The number of rotatable bonds is 5. The first-order chi connectivity index (χ1) is 5.54. The molecule has 0 rings (SSSR count). The zero-order valence-corrected chi connectivity index (χ0v) is 7.70. The van der Waals surface area contributed by atoms with E-state index in [0.29, 0.717) is 0 Å². The summed E-state index contributed by atoms with van der Waals surface area (Å²) in [4.78, 5) is 9.90. The summed E-state index contributed by atoms with van der Waals surface area (Å²) in [6, 6.07) is 0. The Balaban J connectivity index is 0. The molecule has 0 aromatic heterocycles. The van der Waals surface area contributed by atoms with Gasteiger partial charge in [-0.1, -0.05) is 0 Å². The van der Waals surface area contributed by atoms with Gasteiger partial charge in [-0.15, -0.1) is 0 Å². The Hall–Kier alpha value is -0.0105. The minimum absolute atomic E-state index is 0. The fourth-order valence-corrected chi connectivity index (χ4v) is 0.618. The second-order valence-corrected chi connectivity index (χ2v) is 2.36. The van der Waals surface area contributed by atoms with Crippen molar-refractivity contribution in [2.75, 3.05) is 6.61 Å². The molecule has 0 radical (unpaired) electrons. The molecule has 0 spiro atoms. The molecule has 0 bridgehead atoms. The number of hydrogen-bond acceptors (Lipinski definition) is 6. The van der Waals surface area contributed by atoms with E-state index in [2.05, 4.69) is 0 Å². The molecule has 0 aromatic rings. The molecule has 80 valence electrons. The smallest absolute Gasteiger partial charge is 0.151 e. The molecule has 0 aliphatic carbocycles. The van der Waals surface area contributed by atoms with Crippen LogP contribution in [0.4, 0.5) is 0 Å². The van der Waals surface area contributed by atoms with Crippen LogP contribution in [0.25, 0.3) is 0 Å². The molecule has 7 heteroatoms. The van der Waals surface area contributed by atoms with E-state index in [-0.39, 0.29) is 23.4 Å². The zero-order chi connectivity index (χ0) is 9.72. The van der Waals surface area contributed by atoms with Gasteiger partial charge in [0.1, 0.15) is 24.4 Å². The first-order valence-corrected chi connectivity index (χ1v) is 3.33. The molecule has 0 heterocycles. The Morgan fingerprint density at radius 2 is 1.54 bits per heavy atom. The van der Waals surface area contributed by atoms with Crippen LogP contribution in [0.2, 0.25) is 0 Å². The Morgan fingerprint density at radius 1 is 1.08 bits per heavy atom. The summed E-state index contributed by atoms with van der Waals surface area (Å²) in [7, 11) is 0. The van der Waals surface area contributed by atoms with Gasteiger partial charge < -0.3 is 30.3 Å². The largest absolute Gasteiger partial charge is 0.394 e. The van der Waals surface area contributed by atoms with E-state index < -0.39 is 31.0 Å². The van der Waals surface area contributed by atoms with Crippen LogP contribution < -0.4 is 0 Å². The third-order valence-electron chi connectivity index (χ3n) is 1.42. The number of aldehydes is 1. The van der Waals surface area contributed by atoms with Crippen molar-refractivity contribution in [3.63, 3.8) is 0 Å². The molecule has 0 aliphatic heterocycles. The van der Waals surface area contributed by atoms with Crippen LogP contribution in [-0.2, 0) is 21.9 Å². The second kappa shape index (κ2) is 7.40. The minimum atomic E-state index is -1.79. The maximum absolute atomic E-state index is 9.90. The van der Waals surface area contributed by atoms with Crippen LogP contribution in [-0.4, -0.2) is 62.8 Å². The predicted octanol–water partition coefficient (Wildman–Crippen LogP) is -3.38. The van der Waals surface area contributed by atoms with Gasteiger partial charge in [0, 0.05) is 17.1 Å². The SMILES string of the molecule is O=CC(O)C(O)C(O)C(O)CO.[Fe]. The van der Waals surface area contributed by atoms with E-state index in [0.717, 1.165) is 0 Å². The van der Waals surface area contributed by atoms with Crippen molar-refractivity contribution >= 4 is 6.29 Å². The number of hydrogen-bond donors (Lipinski definition) is 5. The van der Waals surface area contributed by atoms with Gasteiger partial charge in [-0.25, -0.2) is 0 Å². The third-order valence-corrected chi connectivity index (χ3v) is 1.42. The normalized spacial score (nSPS) is 19.5. The Morgan fingerprint density at radius 3 is 1.85 bits per heavy atom. The maximum atomic E-state index is 9.90. The summed E-state index contributed by atoms with van der Waals surface area (Å²) in [6.07, 6.45) is -6.84. The second-order valence-electron chi connectivity index (χ2n) is 2.36. The zero-order valence-electron chi connectivity index (χ0n) is 6.59. The van der Waals surface area contributed by atoms with Gasteiger partial charge in [-0.2, -0.15) is 0 Å². The first-order valence-electron chi connectivity index (χ1n) is 3.33. The molecule has 0 amide bonds. The molecule has 0 saturated carbocycles. The summed E-state index contributed by atoms with van der Waals surface area (Å²) in [5.74, 6) is 0. The Bertz CT molecular complexity index is 143. The first kappa shape index (κ1) is 15.5. The van der Waals surface area contributed by atoms with E-state index in [9.17, 15) is 4.79 Å². The van der Waals surface area contributed by atoms with Crippen molar-refractivity contribution in [3.05, 3.63) is 0 Å². The summed E-state index contributed by atoms with van der Waals surface area (Å²) < 4.78 is 0. The minimum Gasteiger partial charge on any atom is -0.394 e. The van der Waals surface area contributed by atoms with Crippen LogP contribution in [0.1, 0.15) is 0 Å². The van der Waals surface area contributed by atoms with Crippen LogP contribution >= 0.6 is 0 Å². The predicted molar refractivity (Wildman–Crippen MR) is 37.2 cm³/mol. The Kier molecular flexibility index (Phi) is 8.80. The molecule has 0 aliphatic rings. The molecule has 13 heavy (non-hydrogen) atoms. The average Bonchev–Trinajstić information content (AvgIpc) is 2.12. The summed E-state index contributed by atoms with van der Waals surface area (Å²) in [5, 5.41) is 43.5. The summed E-state index contributed by atoms with van der Waals surface area (Å²) in [6.45, 7) is -0.760. The molecule has 0 saturated heterocycles. The Labute approximate surface area is 85.3 Å². The number of carbonyl (C=O) groups is 1. The van der Waals surface area contributed by atoms with Crippen molar-refractivity contribution in [3.8, 4) is 0 Å². The van der Waals surface area contributed by atoms with Gasteiger partial charge in [-0.05, 0) is 0 Å². The van der Waals surface area contributed by atoms with Crippen molar-refractivity contribution in [2.24, 2.45) is 0 Å². The topological polar surface area (TPSA) is 118 Å². The fourth-order valence-electron chi connectivity index (χ4n) is 0.618. The van der Waals surface area contributed by atoms with E-state index in [1.165, 1.54) is 0 Å². The van der Waals surface area contributed by atoms with Gasteiger partial charge in [0.15, 0.2) is 6.29 Å². The van der Waals surface area contributed by atoms with E-state index in [1.807, 2.05) is 0 Å². The molecule has 6 nitrogen and oxygen atoms in total.